The van der Waals surface area contributed by atoms with E-state index >= 15 is 0 Å². The first-order chi connectivity index (χ1) is 8.19. The predicted molar refractivity (Wildman–Crippen MR) is 75.2 cm³/mol. The summed E-state index contributed by atoms with van der Waals surface area (Å²) in [6.07, 6.45) is 11.7. The summed E-state index contributed by atoms with van der Waals surface area (Å²) in [5.74, 6) is 2.04. The van der Waals surface area contributed by atoms with Crippen LogP contribution in [0.5, 0.6) is 0 Å². The van der Waals surface area contributed by atoms with Crippen LogP contribution in [-0.4, -0.2) is 12.6 Å². The maximum atomic E-state index is 3.67. The lowest BCUT2D eigenvalue weighted by atomic mass is 9.63. The fourth-order valence-corrected chi connectivity index (χ4v) is 4.68. The quantitative estimate of drug-likeness (QED) is 0.765. The van der Waals surface area contributed by atoms with Crippen molar-refractivity contribution in [1.82, 2.24) is 5.32 Å². The zero-order chi connectivity index (χ0) is 12.3. The molecule has 1 N–H and O–H groups in total. The van der Waals surface area contributed by atoms with Crippen LogP contribution in [0.2, 0.25) is 0 Å². The van der Waals surface area contributed by atoms with Gasteiger partial charge in [-0.3, -0.25) is 0 Å². The average molecular weight is 237 g/mol. The van der Waals surface area contributed by atoms with Gasteiger partial charge in [-0.1, -0.05) is 46.5 Å². The number of hydrogen-bond acceptors (Lipinski definition) is 1. The Morgan fingerprint density at radius 1 is 1.12 bits per heavy atom. The Morgan fingerprint density at radius 3 is 2.59 bits per heavy atom. The van der Waals surface area contributed by atoms with Gasteiger partial charge in [-0.05, 0) is 49.5 Å². The van der Waals surface area contributed by atoms with E-state index in [-0.39, 0.29) is 0 Å². The van der Waals surface area contributed by atoms with Gasteiger partial charge >= 0.3 is 0 Å². The Bertz CT molecular complexity index is 238. The lowest BCUT2D eigenvalue weighted by molar-refractivity contribution is 0.0772. The smallest absolute Gasteiger partial charge is 0.00724 e. The molecule has 0 aromatic heterocycles. The van der Waals surface area contributed by atoms with E-state index in [1.807, 2.05) is 0 Å². The molecule has 0 amide bonds. The topological polar surface area (TPSA) is 12.0 Å². The normalized spacial score (nSPS) is 42.9. The van der Waals surface area contributed by atoms with Gasteiger partial charge < -0.3 is 5.32 Å². The van der Waals surface area contributed by atoms with Gasteiger partial charge in [0.15, 0.2) is 0 Å². The number of nitrogens with one attached hydrogen (secondary N) is 1. The molecule has 1 heteroatoms. The van der Waals surface area contributed by atoms with E-state index in [1.165, 1.54) is 51.4 Å². The summed E-state index contributed by atoms with van der Waals surface area (Å²) in [5.41, 5.74) is 0.647. The zero-order valence-electron chi connectivity index (χ0n) is 12.1. The highest BCUT2D eigenvalue weighted by Crippen LogP contribution is 2.52. The minimum Gasteiger partial charge on any atom is -0.314 e. The highest BCUT2D eigenvalue weighted by molar-refractivity contribution is 4.96. The van der Waals surface area contributed by atoms with E-state index < -0.39 is 0 Å². The van der Waals surface area contributed by atoms with Crippen molar-refractivity contribution < 1.29 is 0 Å². The van der Waals surface area contributed by atoms with Gasteiger partial charge in [0.05, 0.1) is 0 Å². The van der Waals surface area contributed by atoms with Crippen LogP contribution in [0.25, 0.3) is 0 Å². The molecule has 4 unspecified atom stereocenters. The first-order valence-corrected chi connectivity index (χ1v) is 7.93. The monoisotopic (exact) mass is 237 g/mol. The van der Waals surface area contributed by atoms with Gasteiger partial charge in [0.25, 0.3) is 0 Å². The van der Waals surface area contributed by atoms with E-state index in [2.05, 4.69) is 26.1 Å². The molecule has 2 aliphatic carbocycles. The molecule has 17 heavy (non-hydrogen) atoms. The molecule has 0 spiro atoms. The van der Waals surface area contributed by atoms with Crippen molar-refractivity contribution in [2.24, 2.45) is 17.3 Å². The highest BCUT2D eigenvalue weighted by atomic mass is 14.9. The van der Waals surface area contributed by atoms with E-state index in [1.54, 1.807) is 0 Å². The Kier molecular flexibility index (Phi) is 4.52. The molecule has 2 aliphatic rings. The molecule has 0 bridgehead atoms. The van der Waals surface area contributed by atoms with Crippen LogP contribution in [-0.2, 0) is 0 Å². The number of rotatable bonds is 4. The van der Waals surface area contributed by atoms with Gasteiger partial charge in [0.2, 0.25) is 0 Å². The van der Waals surface area contributed by atoms with Crippen molar-refractivity contribution in [2.75, 3.05) is 6.54 Å². The first kappa shape index (κ1) is 13.4. The second kappa shape index (κ2) is 5.73. The molecule has 0 radical (unpaired) electrons. The summed E-state index contributed by atoms with van der Waals surface area (Å²) in [6, 6.07) is 0.810. The fraction of sp³-hybridized carbons (Fsp3) is 1.00. The van der Waals surface area contributed by atoms with Crippen LogP contribution >= 0.6 is 0 Å². The highest BCUT2D eigenvalue weighted by Gasteiger charge is 2.44. The molecule has 2 rings (SSSR count). The summed E-state index contributed by atoms with van der Waals surface area (Å²) >= 11 is 0. The van der Waals surface area contributed by atoms with Crippen LogP contribution in [0, 0.1) is 17.3 Å². The summed E-state index contributed by atoms with van der Waals surface area (Å²) in [4.78, 5) is 0. The Hall–Kier alpha value is -0.0400. The molecule has 2 fully saturated rings. The van der Waals surface area contributed by atoms with E-state index in [0.29, 0.717) is 5.41 Å². The van der Waals surface area contributed by atoms with Gasteiger partial charge in [0, 0.05) is 6.04 Å². The van der Waals surface area contributed by atoms with E-state index in [9.17, 15) is 0 Å². The third-order valence-corrected chi connectivity index (χ3v) is 5.60. The van der Waals surface area contributed by atoms with Crippen LogP contribution in [0.4, 0.5) is 0 Å². The number of hydrogen-bond donors (Lipinski definition) is 1. The summed E-state index contributed by atoms with van der Waals surface area (Å²) in [6.45, 7) is 8.37. The minimum absolute atomic E-state index is 0.647. The van der Waals surface area contributed by atoms with Gasteiger partial charge in [-0.25, -0.2) is 0 Å². The maximum Gasteiger partial charge on any atom is 0.00724 e. The second-order valence-electron chi connectivity index (χ2n) is 6.71. The molecule has 0 heterocycles. The largest absolute Gasteiger partial charge is 0.314 e. The average Bonchev–Trinajstić information content (AvgIpc) is 2.73. The van der Waals surface area contributed by atoms with Gasteiger partial charge in [-0.2, -0.15) is 0 Å². The maximum absolute atomic E-state index is 3.67. The van der Waals surface area contributed by atoms with Gasteiger partial charge in [-0.15, -0.1) is 0 Å². The SMILES string of the molecule is CCNC1CCC(C)(C2CCCCC2CC)C1. The predicted octanol–water partition coefficient (Wildman–Crippen LogP) is 4.37. The molecule has 100 valence electrons. The third kappa shape index (κ3) is 2.86. The lowest BCUT2D eigenvalue weighted by Gasteiger charge is -2.42. The lowest BCUT2D eigenvalue weighted by Crippen LogP contribution is -2.35. The van der Waals surface area contributed by atoms with Crippen molar-refractivity contribution in [3.05, 3.63) is 0 Å². The Labute approximate surface area is 108 Å². The molecular weight excluding hydrogens is 206 g/mol. The first-order valence-electron chi connectivity index (χ1n) is 7.93. The molecule has 2 saturated carbocycles. The molecule has 0 aromatic carbocycles. The van der Waals surface area contributed by atoms with Crippen molar-refractivity contribution in [3.8, 4) is 0 Å². The molecule has 0 saturated heterocycles. The summed E-state index contributed by atoms with van der Waals surface area (Å²) in [5, 5.41) is 3.67. The molecule has 0 aliphatic heterocycles. The van der Waals surface area contributed by atoms with E-state index in [4.69, 9.17) is 0 Å². The Morgan fingerprint density at radius 2 is 1.88 bits per heavy atom. The van der Waals surface area contributed by atoms with E-state index in [0.717, 1.165) is 24.4 Å². The van der Waals surface area contributed by atoms with Crippen molar-refractivity contribution >= 4 is 0 Å². The summed E-state index contributed by atoms with van der Waals surface area (Å²) in [7, 11) is 0. The summed E-state index contributed by atoms with van der Waals surface area (Å²) < 4.78 is 0. The van der Waals surface area contributed by atoms with Crippen LogP contribution < -0.4 is 5.32 Å². The van der Waals surface area contributed by atoms with Crippen molar-refractivity contribution in [2.45, 2.75) is 78.2 Å². The van der Waals surface area contributed by atoms with Crippen LogP contribution in [0.1, 0.15) is 72.1 Å². The minimum atomic E-state index is 0.647. The molecular formula is C16H31N. The van der Waals surface area contributed by atoms with Crippen molar-refractivity contribution in [1.29, 1.82) is 0 Å². The van der Waals surface area contributed by atoms with Crippen LogP contribution in [0.15, 0.2) is 0 Å². The fourth-order valence-electron chi connectivity index (χ4n) is 4.68. The third-order valence-electron chi connectivity index (χ3n) is 5.60. The van der Waals surface area contributed by atoms with Gasteiger partial charge in [0.1, 0.15) is 0 Å². The molecule has 0 aromatic rings. The molecule has 4 atom stereocenters. The van der Waals surface area contributed by atoms with Crippen LogP contribution in [0.3, 0.4) is 0 Å². The molecule has 1 nitrogen and oxygen atoms in total. The standard InChI is InChI=1S/C16H31N/c1-4-13-8-6-7-9-15(13)16(3)11-10-14(12-16)17-5-2/h13-15,17H,4-12H2,1-3H3. The second-order valence-corrected chi connectivity index (χ2v) is 6.71. The zero-order valence-corrected chi connectivity index (χ0v) is 12.1. The van der Waals surface area contributed by atoms with Crippen molar-refractivity contribution in [3.63, 3.8) is 0 Å². The Balaban J connectivity index is 1.99.